The number of rotatable bonds is 0. The van der Waals surface area contributed by atoms with E-state index >= 15 is 0 Å². The van der Waals surface area contributed by atoms with Crippen LogP contribution < -0.4 is 0 Å². The zero-order chi connectivity index (χ0) is 8.55. The normalized spacial score (nSPS) is 26.4. The molecule has 2 heterocycles. The highest BCUT2D eigenvalue weighted by Gasteiger charge is 2.23. The van der Waals surface area contributed by atoms with Crippen molar-refractivity contribution in [2.45, 2.75) is 0 Å². The summed E-state index contributed by atoms with van der Waals surface area (Å²) in [7, 11) is 0. The number of hydrogen-bond donors (Lipinski definition) is 0. The third kappa shape index (κ3) is 1.12. The molecule has 0 aromatic rings. The third-order valence-corrected chi connectivity index (χ3v) is 1.93. The molecule has 0 N–H and O–H groups in total. The quantitative estimate of drug-likeness (QED) is 0.518. The van der Waals surface area contributed by atoms with Crippen LogP contribution in [0.25, 0.3) is 0 Å². The fourth-order valence-corrected chi connectivity index (χ4v) is 1.31. The summed E-state index contributed by atoms with van der Waals surface area (Å²) >= 11 is 5.65. The molecule has 0 aliphatic carbocycles. The first-order chi connectivity index (χ1) is 5.77. The Kier molecular flexibility index (Phi) is 1.66. The van der Waals surface area contributed by atoms with Crippen LogP contribution >= 0.6 is 11.6 Å². The number of fused-ring (bicyclic) bond motifs is 1. The molecule has 2 rings (SSSR count). The number of aliphatic imine (C=N–C) groups is 2. The van der Waals surface area contributed by atoms with Crippen molar-refractivity contribution in [3.8, 4) is 0 Å². The highest BCUT2D eigenvalue weighted by atomic mass is 35.5. The van der Waals surface area contributed by atoms with Crippen LogP contribution in [0.5, 0.6) is 0 Å². The van der Waals surface area contributed by atoms with Crippen molar-refractivity contribution in [1.29, 1.82) is 0 Å². The van der Waals surface area contributed by atoms with Crippen molar-refractivity contribution in [2.24, 2.45) is 15.9 Å². The molecule has 1 atom stereocenters. The standard InChI is InChI=1S/C8H5ClN2O/c9-7-3-5-1-2-10-8(12)6(5)4-11-7/h1-4,6H. The Labute approximate surface area is 74.2 Å². The van der Waals surface area contributed by atoms with Gasteiger partial charge in [-0.25, -0.2) is 9.98 Å². The molecule has 1 amide bonds. The molecule has 0 fully saturated rings. The van der Waals surface area contributed by atoms with Crippen LogP contribution in [0.2, 0.25) is 0 Å². The lowest BCUT2D eigenvalue weighted by atomic mass is 9.96. The van der Waals surface area contributed by atoms with Gasteiger partial charge in [0.1, 0.15) is 11.1 Å². The van der Waals surface area contributed by atoms with E-state index in [1.807, 2.05) is 0 Å². The summed E-state index contributed by atoms with van der Waals surface area (Å²) < 4.78 is 0. The predicted octanol–water partition coefficient (Wildman–Crippen LogP) is 1.30. The molecule has 0 bridgehead atoms. The van der Waals surface area contributed by atoms with Gasteiger partial charge in [-0.3, -0.25) is 4.79 Å². The number of nitrogens with zero attached hydrogens (tertiary/aromatic N) is 2. The van der Waals surface area contributed by atoms with Gasteiger partial charge in [0.15, 0.2) is 0 Å². The van der Waals surface area contributed by atoms with E-state index in [0.29, 0.717) is 5.16 Å². The average molecular weight is 181 g/mol. The number of hydrogen-bond acceptors (Lipinski definition) is 2. The number of allylic oxidation sites excluding steroid dienone is 2. The molecule has 4 heteroatoms. The van der Waals surface area contributed by atoms with Crippen molar-refractivity contribution < 1.29 is 4.79 Å². The van der Waals surface area contributed by atoms with E-state index in [2.05, 4.69) is 9.98 Å². The van der Waals surface area contributed by atoms with Gasteiger partial charge in [-0.2, -0.15) is 0 Å². The van der Waals surface area contributed by atoms with Crippen LogP contribution in [0.15, 0.2) is 32.9 Å². The first kappa shape index (κ1) is 7.43. The Morgan fingerprint density at radius 2 is 2.25 bits per heavy atom. The van der Waals surface area contributed by atoms with E-state index < -0.39 is 0 Å². The van der Waals surface area contributed by atoms with Gasteiger partial charge in [0.2, 0.25) is 0 Å². The van der Waals surface area contributed by atoms with Gasteiger partial charge in [0.05, 0.1) is 0 Å². The summed E-state index contributed by atoms with van der Waals surface area (Å²) in [6.07, 6.45) is 6.44. The van der Waals surface area contributed by atoms with Gasteiger partial charge in [-0.1, -0.05) is 11.6 Å². The second-order valence-corrected chi connectivity index (χ2v) is 2.89. The maximum absolute atomic E-state index is 11.1. The Morgan fingerprint density at radius 1 is 1.42 bits per heavy atom. The minimum atomic E-state index is -0.322. The second-order valence-electron chi connectivity index (χ2n) is 2.51. The Hall–Kier alpha value is -1.22. The summed E-state index contributed by atoms with van der Waals surface area (Å²) in [5.74, 6) is -0.505. The van der Waals surface area contributed by atoms with Gasteiger partial charge in [-0.05, 0) is 17.7 Å². The molecular formula is C8H5ClN2O. The van der Waals surface area contributed by atoms with Crippen LogP contribution in [0.3, 0.4) is 0 Å². The lowest BCUT2D eigenvalue weighted by Gasteiger charge is -2.15. The monoisotopic (exact) mass is 180 g/mol. The number of amides is 1. The zero-order valence-electron chi connectivity index (χ0n) is 6.07. The first-order valence-electron chi connectivity index (χ1n) is 3.47. The Morgan fingerprint density at radius 3 is 3.08 bits per heavy atom. The zero-order valence-corrected chi connectivity index (χ0v) is 6.82. The van der Waals surface area contributed by atoms with Crippen molar-refractivity contribution in [3.05, 3.63) is 22.9 Å². The SMILES string of the molecule is O=C1N=CC=C2C=C(Cl)N=CC12. The van der Waals surface area contributed by atoms with Gasteiger partial charge in [-0.15, -0.1) is 0 Å². The first-order valence-corrected chi connectivity index (χ1v) is 3.84. The molecular weight excluding hydrogens is 176 g/mol. The van der Waals surface area contributed by atoms with Gasteiger partial charge < -0.3 is 0 Å². The van der Waals surface area contributed by atoms with Crippen LogP contribution in [-0.4, -0.2) is 18.3 Å². The lowest BCUT2D eigenvalue weighted by Crippen LogP contribution is -2.20. The van der Waals surface area contributed by atoms with Crippen LogP contribution in [0.4, 0.5) is 0 Å². The molecule has 2 aliphatic heterocycles. The largest absolute Gasteiger partial charge is 0.271 e. The van der Waals surface area contributed by atoms with E-state index in [-0.39, 0.29) is 11.8 Å². The Balaban J connectivity index is 2.43. The summed E-state index contributed by atoms with van der Waals surface area (Å²) in [5.41, 5.74) is 0.856. The third-order valence-electron chi connectivity index (χ3n) is 1.73. The smallest absolute Gasteiger partial charge is 0.258 e. The molecule has 1 unspecified atom stereocenters. The van der Waals surface area contributed by atoms with Crippen molar-refractivity contribution in [2.75, 3.05) is 0 Å². The summed E-state index contributed by atoms with van der Waals surface area (Å²) in [6.45, 7) is 0. The molecule has 0 saturated carbocycles. The highest BCUT2D eigenvalue weighted by molar-refractivity contribution is 6.30. The molecule has 2 aliphatic rings. The molecule has 0 radical (unpaired) electrons. The number of carbonyl (C=O) groups excluding carboxylic acids is 1. The predicted molar refractivity (Wildman–Crippen MR) is 47.5 cm³/mol. The molecule has 0 spiro atoms. The number of carbonyl (C=O) groups is 1. The summed E-state index contributed by atoms with van der Waals surface area (Å²) in [4.78, 5) is 18.6. The Bertz CT molecular complexity index is 352. The van der Waals surface area contributed by atoms with E-state index in [4.69, 9.17) is 11.6 Å². The van der Waals surface area contributed by atoms with Gasteiger partial charge in [0, 0.05) is 12.4 Å². The summed E-state index contributed by atoms with van der Waals surface area (Å²) in [5, 5.41) is 0.403. The lowest BCUT2D eigenvalue weighted by molar-refractivity contribution is -0.118. The van der Waals surface area contributed by atoms with E-state index in [1.54, 1.807) is 12.2 Å². The van der Waals surface area contributed by atoms with Gasteiger partial charge >= 0.3 is 0 Å². The van der Waals surface area contributed by atoms with E-state index in [9.17, 15) is 4.79 Å². The molecule has 3 nitrogen and oxygen atoms in total. The van der Waals surface area contributed by atoms with Crippen molar-refractivity contribution in [3.63, 3.8) is 0 Å². The van der Waals surface area contributed by atoms with Crippen LogP contribution in [0.1, 0.15) is 0 Å². The maximum Gasteiger partial charge on any atom is 0.258 e. The van der Waals surface area contributed by atoms with Crippen molar-refractivity contribution >= 4 is 29.9 Å². The van der Waals surface area contributed by atoms with Crippen LogP contribution in [0, 0.1) is 5.92 Å². The highest BCUT2D eigenvalue weighted by Crippen LogP contribution is 2.23. The number of halogens is 1. The molecule has 0 saturated heterocycles. The fraction of sp³-hybridized carbons (Fsp3) is 0.125. The molecule has 0 aromatic heterocycles. The minimum absolute atomic E-state index is 0.184. The second kappa shape index (κ2) is 2.68. The van der Waals surface area contributed by atoms with E-state index in [0.717, 1.165) is 5.57 Å². The minimum Gasteiger partial charge on any atom is -0.271 e. The molecule has 0 aromatic carbocycles. The van der Waals surface area contributed by atoms with E-state index in [1.165, 1.54) is 12.4 Å². The maximum atomic E-state index is 11.1. The van der Waals surface area contributed by atoms with Gasteiger partial charge in [0.25, 0.3) is 5.91 Å². The summed E-state index contributed by atoms with van der Waals surface area (Å²) in [6, 6.07) is 0. The van der Waals surface area contributed by atoms with Crippen LogP contribution in [-0.2, 0) is 4.79 Å². The number of dihydropyridines is 1. The van der Waals surface area contributed by atoms with Crippen molar-refractivity contribution in [1.82, 2.24) is 0 Å². The average Bonchev–Trinajstić information content (AvgIpc) is 2.04. The molecule has 12 heavy (non-hydrogen) atoms. The fourth-order valence-electron chi connectivity index (χ4n) is 1.13. The topological polar surface area (TPSA) is 41.8 Å². The molecule has 60 valence electrons.